The summed E-state index contributed by atoms with van der Waals surface area (Å²) in [4.78, 5) is 22.8. The molecule has 4 N–H and O–H groups in total. The SMILES string of the molecule is NC(=O)CC1C(CC(N)=O)C2CC1C1C3C=CC(C3)C21. The molecule has 0 heterocycles. The molecule has 2 amide bonds. The van der Waals surface area contributed by atoms with E-state index in [1.807, 2.05) is 0 Å². The Balaban J connectivity index is 1.64. The van der Waals surface area contributed by atoms with Crippen LogP contribution in [0.2, 0.25) is 0 Å². The van der Waals surface area contributed by atoms with E-state index in [-0.39, 0.29) is 11.8 Å². The predicted molar refractivity (Wildman–Crippen MR) is 73.9 cm³/mol. The first kappa shape index (κ1) is 12.4. The molecule has 4 rings (SSSR count). The average molecular weight is 274 g/mol. The maximum absolute atomic E-state index is 11.4. The van der Waals surface area contributed by atoms with Crippen molar-refractivity contribution in [1.29, 1.82) is 0 Å². The molecular formula is C16H22N2O2. The topological polar surface area (TPSA) is 86.2 Å². The van der Waals surface area contributed by atoms with Crippen LogP contribution in [0.15, 0.2) is 12.2 Å². The van der Waals surface area contributed by atoms with E-state index in [1.165, 1.54) is 12.8 Å². The second kappa shape index (κ2) is 4.09. The number of rotatable bonds is 4. The molecule has 0 aromatic heterocycles. The van der Waals surface area contributed by atoms with E-state index in [1.54, 1.807) is 0 Å². The van der Waals surface area contributed by atoms with Gasteiger partial charge in [0.15, 0.2) is 0 Å². The van der Waals surface area contributed by atoms with Crippen molar-refractivity contribution in [2.24, 2.45) is 58.8 Å². The van der Waals surface area contributed by atoms with Crippen molar-refractivity contribution in [1.82, 2.24) is 0 Å². The monoisotopic (exact) mass is 274 g/mol. The van der Waals surface area contributed by atoms with Crippen molar-refractivity contribution in [3.63, 3.8) is 0 Å². The molecule has 4 nitrogen and oxygen atoms in total. The lowest BCUT2D eigenvalue weighted by atomic mass is 9.63. The van der Waals surface area contributed by atoms with Crippen molar-refractivity contribution < 1.29 is 9.59 Å². The molecule has 0 saturated heterocycles. The van der Waals surface area contributed by atoms with Crippen LogP contribution in [0.4, 0.5) is 0 Å². The van der Waals surface area contributed by atoms with Gasteiger partial charge in [0, 0.05) is 12.8 Å². The van der Waals surface area contributed by atoms with Gasteiger partial charge in [-0.25, -0.2) is 0 Å². The van der Waals surface area contributed by atoms with Gasteiger partial charge in [-0.3, -0.25) is 9.59 Å². The number of primary amides is 2. The van der Waals surface area contributed by atoms with Gasteiger partial charge in [-0.15, -0.1) is 0 Å². The highest BCUT2D eigenvalue weighted by Gasteiger charge is 2.64. The van der Waals surface area contributed by atoms with E-state index in [0.717, 1.165) is 11.8 Å². The van der Waals surface area contributed by atoms with E-state index < -0.39 is 0 Å². The summed E-state index contributed by atoms with van der Waals surface area (Å²) >= 11 is 0. The Bertz CT molecular complexity index is 459. The first-order chi connectivity index (χ1) is 9.56. The zero-order valence-corrected chi connectivity index (χ0v) is 11.6. The summed E-state index contributed by atoms with van der Waals surface area (Å²) in [6, 6.07) is 0. The molecule has 3 saturated carbocycles. The molecule has 0 aromatic carbocycles. The van der Waals surface area contributed by atoms with Gasteiger partial charge >= 0.3 is 0 Å². The minimum atomic E-state index is -0.229. The summed E-state index contributed by atoms with van der Waals surface area (Å²) in [6.45, 7) is 0. The number of carbonyl (C=O) groups is 2. The van der Waals surface area contributed by atoms with E-state index in [2.05, 4.69) is 12.2 Å². The van der Waals surface area contributed by atoms with Crippen molar-refractivity contribution in [2.75, 3.05) is 0 Å². The summed E-state index contributed by atoms with van der Waals surface area (Å²) in [6.07, 6.45) is 8.11. The highest BCUT2D eigenvalue weighted by molar-refractivity contribution is 5.76. The minimum Gasteiger partial charge on any atom is -0.370 e. The van der Waals surface area contributed by atoms with E-state index in [9.17, 15) is 9.59 Å². The Morgan fingerprint density at radius 1 is 0.850 bits per heavy atom. The molecule has 4 heteroatoms. The fraction of sp³-hybridized carbons (Fsp3) is 0.750. The average Bonchev–Trinajstić information content (AvgIpc) is 3.06. The Morgan fingerprint density at radius 3 is 1.70 bits per heavy atom. The van der Waals surface area contributed by atoms with Crippen LogP contribution < -0.4 is 11.5 Å². The van der Waals surface area contributed by atoms with E-state index in [4.69, 9.17) is 11.5 Å². The first-order valence-electron chi connectivity index (χ1n) is 7.81. The van der Waals surface area contributed by atoms with Crippen molar-refractivity contribution in [3.8, 4) is 0 Å². The lowest BCUT2D eigenvalue weighted by molar-refractivity contribution is -0.123. The van der Waals surface area contributed by atoms with Gasteiger partial charge in [0.25, 0.3) is 0 Å². The molecule has 0 aliphatic heterocycles. The fourth-order valence-electron chi connectivity index (χ4n) is 6.36. The lowest BCUT2D eigenvalue weighted by Crippen LogP contribution is -2.40. The number of nitrogens with two attached hydrogens (primary N) is 2. The number of hydrogen-bond acceptors (Lipinski definition) is 2. The Morgan fingerprint density at radius 2 is 1.30 bits per heavy atom. The third-order valence-corrected chi connectivity index (χ3v) is 6.64. The molecule has 4 bridgehead atoms. The Labute approximate surface area is 119 Å². The van der Waals surface area contributed by atoms with Gasteiger partial charge in [0.2, 0.25) is 11.8 Å². The fourth-order valence-corrected chi connectivity index (χ4v) is 6.36. The predicted octanol–water partition coefficient (Wildman–Crippen LogP) is 1.06. The molecule has 108 valence electrons. The second-order valence-corrected chi connectivity index (χ2v) is 7.34. The maximum atomic E-state index is 11.4. The number of amides is 2. The van der Waals surface area contributed by atoms with Gasteiger partial charge < -0.3 is 11.5 Å². The quantitative estimate of drug-likeness (QED) is 0.593. The number of carbonyl (C=O) groups excluding carboxylic acids is 2. The summed E-state index contributed by atoms with van der Waals surface area (Å²) in [5.41, 5.74) is 10.9. The number of hydrogen-bond donors (Lipinski definition) is 2. The summed E-state index contributed by atoms with van der Waals surface area (Å²) in [5.74, 6) is 4.20. The molecule has 4 aliphatic carbocycles. The largest absolute Gasteiger partial charge is 0.370 e. The third-order valence-electron chi connectivity index (χ3n) is 6.64. The Hall–Kier alpha value is -1.32. The van der Waals surface area contributed by atoms with Crippen LogP contribution in [-0.4, -0.2) is 11.8 Å². The van der Waals surface area contributed by atoms with Gasteiger partial charge in [0.1, 0.15) is 0 Å². The van der Waals surface area contributed by atoms with Crippen LogP contribution in [0.3, 0.4) is 0 Å². The summed E-state index contributed by atoms with van der Waals surface area (Å²) < 4.78 is 0. The molecule has 8 atom stereocenters. The van der Waals surface area contributed by atoms with Crippen LogP contribution in [-0.2, 0) is 9.59 Å². The van der Waals surface area contributed by atoms with Gasteiger partial charge in [0.05, 0.1) is 0 Å². The van der Waals surface area contributed by atoms with Crippen LogP contribution >= 0.6 is 0 Å². The molecule has 0 spiro atoms. The van der Waals surface area contributed by atoms with Crippen LogP contribution in [0.1, 0.15) is 25.7 Å². The number of fused-ring (bicyclic) bond motifs is 9. The zero-order valence-electron chi connectivity index (χ0n) is 11.6. The van der Waals surface area contributed by atoms with E-state index in [0.29, 0.717) is 48.3 Å². The minimum absolute atomic E-state index is 0.229. The van der Waals surface area contributed by atoms with Gasteiger partial charge in [-0.2, -0.15) is 0 Å². The number of allylic oxidation sites excluding steroid dienone is 2. The normalized spacial score (nSPS) is 50.6. The highest BCUT2D eigenvalue weighted by Crippen LogP contribution is 2.69. The van der Waals surface area contributed by atoms with E-state index >= 15 is 0 Å². The van der Waals surface area contributed by atoms with Crippen molar-refractivity contribution in [3.05, 3.63) is 12.2 Å². The van der Waals surface area contributed by atoms with Gasteiger partial charge in [-0.05, 0) is 60.2 Å². The van der Waals surface area contributed by atoms with Gasteiger partial charge in [-0.1, -0.05) is 12.2 Å². The molecule has 20 heavy (non-hydrogen) atoms. The van der Waals surface area contributed by atoms with Crippen LogP contribution in [0.5, 0.6) is 0 Å². The standard InChI is InChI=1S/C16H22N2O2/c17-13(19)5-9-10(6-14(18)20)12-4-11(9)15-7-1-2-8(3-7)16(12)15/h1-2,7-12,15-16H,3-6H2,(H2,17,19)(H2,18,20). The third kappa shape index (κ3) is 1.54. The Kier molecular flexibility index (Phi) is 2.54. The highest BCUT2D eigenvalue weighted by atomic mass is 16.1. The molecule has 3 fully saturated rings. The molecule has 4 aliphatic rings. The summed E-state index contributed by atoms with van der Waals surface area (Å²) in [7, 11) is 0. The molecule has 0 aromatic rings. The zero-order chi connectivity index (χ0) is 14.0. The smallest absolute Gasteiger partial charge is 0.217 e. The molecule has 0 radical (unpaired) electrons. The molecule has 8 unspecified atom stereocenters. The van der Waals surface area contributed by atoms with Crippen molar-refractivity contribution in [2.45, 2.75) is 25.7 Å². The summed E-state index contributed by atoms with van der Waals surface area (Å²) in [5, 5.41) is 0. The second-order valence-electron chi connectivity index (χ2n) is 7.34. The van der Waals surface area contributed by atoms with Crippen molar-refractivity contribution >= 4 is 11.8 Å². The maximum Gasteiger partial charge on any atom is 0.217 e. The lowest BCUT2D eigenvalue weighted by Gasteiger charge is -2.41. The molecular weight excluding hydrogens is 252 g/mol. The van der Waals surface area contributed by atoms with Crippen LogP contribution in [0, 0.1) is 47.3 Å². The van der Waals surface area contributed by atoms with Crippen LogP contribution in [0.25, 0.3) is 0 Å². The first-order valence-corrected chi connectivity index (χ1v) is 7.81.